The van der Waals surface area contributed by atoms with Crippen LogP contribution in [-0.2, 0) is 0 Å². The Balaban J connectivity index is 2.79. The van der Waals surface area contributed by atoms with E-state index >= 15 is 0 Å². The maximum absolute atomic E-state index is 12.7. The van der Waals surface area contributed by atoms with E-state index in [2.05, 4.69) is 0 Å². The summed E-state index contributed by atoms with van der Waals surface area (Å²) in [5.74, 6) is -5.12. The molecule has 0 aromatic carbocycles. The van der Waals surface area contributed by atoms with E-state index in [1.165, 1.54) is 16.8 Å². The molecule has 0 saturated heterocycles. The van der Waals surface area contributed by atoms with Gasteiger partial charge < -0.3 is 15.6 Å². The van der Waals surface area contributed by atoms with Crippen LogP contribution in [-0.4, -0.2) is 29.4 Å². The van der Waals surface area contributed by atoms with Gasteiger partial charge >= 0.3 is 12.3 Å². The molecular weight excluding hydrogens is 266 g/mol. The Bertz CT molecular complexity index is 457. The number of rotatable bonds is 5. The molecule has 0 radical (unpaired) electrons. The van der Waals surface area contributed by atoms with Crippen molar-refractivity contribution in [3.63, 3.8) is 0 Å². The predicted octanol–water partition coefficient (Wildman–Crippen LogP) is 2.28. The van der Waals surface area contributed by atoms with Crippen LogP contribution in [0.3, 0.4) is 0 Å². The molecule has 0 atom stereocenters. The van der Waals surface area contributed by atoms with Gasteiger partial charge in [-0.15, -0.1) is 0 Å². The van der Waals surface area contributed by atoms with Gasteiger partial charge in [0, 0.05) is 12.2 Å². The number of amides is 1. The van der Waals surface area contributed by atoms with Gasteiger partial charge in [-0.05, 0) is 19.9 Å². The van der Waals surface area contributed by atoms with Crippen molar-refractivity contribution >= 4 is 11.6 Å². The van der Waals surface area contributed by atoms with Crippen molar-refractivity contribution in [1.29, 1.82) is 0 Å². The van der Waals surface area contributed by atoms with Gasteiger partial charge in [-0.2, -0.15) is 8.78 Å². The Morgan fingerprint density at radius 2 is 2.05 bits per heavy atom. The topological polar surface area (TPSA) is 60.0 Å². The number of anilines is 1. The second kappa shape index (κ2) is 5.50. The van der Waals surface area contributed by atoms with Crippen LogP contribution < -0.4 is 11.1 Å². The minimum atomic E-state index is -4.25. The van der Waals surface area contributed by atoms with Gasteiger partial charge in [-0.25, -0.2) is 8.78 Å². The van der Waals surface area contributed by atoms with Crippen LogP contribution in [0.25, 0.3) is 0 Å². The highest BCUT2D eigenvalue weighted by atomic mass is 19.3. The summed E-state index contributed by atoms with van der Waals surface area (Å²) in [7, 11) is 0. The fourth-order valence-electron chi connectivity index (χ4n) is 1.48. The lowest BCUT2D eigenvalue weighted by Crippen LogP contribution is -2.41. The second-order valence-electron chi connectivity index (χ2n) is 4.40. The summed E-state index contributed by atoms with van der Waals surface area (Å²) in [4.78, 5) is 11.7. The minimum absolute atomic E-state index is 0.0533. The number of carbonyl (C=O) groups excluding carboxylic acids is 1. The molecule has 4 nitrogen and oxygen atoms in total. The highest BCUT2D eigenvalue weighted by Gasteiger charge is 2.41. The summed E-state index contributed by atoms with van der Waals surface area (Å²) in [6.07, 6.45) is -2.35. The molecule has 0 spiro atoms. The summed E-state index contributed by atoms with van der Waals surface area (Å²) in [5, 5.41) is 1.78. The smallest absolute Gasteiger partial charge is 0.324 e. The second-order valence-corrected chi connectivity index (χ2v) is 4.40. The van der Waals surface area contributed by atoms with E-state index in [1.807, 2.05) is 0 Å². The fraction of sp³-hybridized carbons (Fsp3) is 0.545. The molecule has 8 heteroatoms. The zero-order chi connectivity index (χ0) is 14.8. The van der Waals surface area contributed by atoms with Crippen molar-refractivity contribution in [2.75, 3.05) is 12.3 Å². The van der Waals surface area contributed by atoms with Gasteiger partial charge in [0.15, 0.2) is 0 Å². The maximum atomic E-state index is 12.7. The summed E-state index contributed by atoms with van der Waals surface area (Å²) in [5.41, 5.74) is 5.86. The van der Waals surface area contributed by atoms with Crippen LogP contribution in [0.2, 0.25) is 0 Å². The van der Waals surface area contributed by atoms with Crippen LogP contribution in [0.15, 0.2) is 12.3 Å². The van der Waals surface area contributed by atoms with E-state index in [4.69, 9.17) is 5.73 Å². The number of alkyl halides is 4. The van der Waals surface area contributed by atoms with Crippen molar-refractivity contribution in [2.24, 2.45) is 0 Å². The van der Waals surface area contributed by atoms with Crippen molar-refractivity contribution in [3.8, 4) is 0 Å². The molecule has 1 heterocycles. The molecule has 0 aliphatic heterocycles. The van der Waals surface area contributed by atoms with Crippen molar-refractivity contribution in [1.82, 2.24) is 9.88 Å². The average Bonchev–Trinajstić information content (AvgIpc) is 2.68. The molecule has 0 bridgehead atoms. The zero-order valence-electron chi connectivity index (χ0n) is 10.5. The lowest BCUT2D eigenvalue weighted by molar-refractivity contribution is -0.123. The van der Waals surface area contributed by atoms with Crippen LogP contribution in [0.4, 0.5) is 23.2 Å². The Morgan fingerprint density at radius 1 is 1.47 bits per heavy atom. The molecule has 1 aromatic rings. The number of aromatic nitrogens is 1. The molecular formula is C11H15F4N3O. The standard InChI is InChI=1S/C11H15F4N3O/c1-6(2)18-4-7(16)3-8(18)9(19)17-5-11(14,15)10(12)13/h3-4,6,10H,5,16H2,1-2H3,(H,17,19). The van der Waals surface area contributed by atoms with Gasteiger partial charge in [-0.1, -0.05) is 0 Å². The third kappa shape index (κ3) is 3.62. The highest BCUT2D eigenvalue weighted by Crippen LogP contribution is 2.22. The van der Waals surface area contributed by atoms with Crippen LogP contribution in [0.5, 0.6) is 0 Å². The molecule has 0 saturated carbocycles. The van der Waals surface area contributed by atoms with Gasteiger partial charge in [-0.3, -0.25) is 4.79 Å². The number of hydrogen-bond donors (Lipinski definition) is 2. The normalized spacial score (nSPS) is 12.2. The highest BCUT2D eigenvalue weighted by molar-refractivity contribution is 5.93. The van der Waals surface area contributed by atoms with E-state index in [0.29, 0.717) is 5.69 Å². The summed E-state index contributed by atoms with van der Waals surface area (Å²) in [6, 6.07) is 1.18. The lowest BCUT2D eigenvalue weighted by atomic mass is 10.3. The molecule has 0 fully saturated rings. The van der Waals surface area contributed by atoms with Crippen LogP contribution >= 0.6 is 0 Å². The van der Waals surface area contributed by atoms with Gasteiger partial charge in [0.05, 0.1) is 12.2 Å². The zero-order valence-corrected chi connectivity index (χ0v) is 10.5. The van der Waals surface area contributed by atoms with Crippen LogP contribution in [0, 0.1) is 0 Å². The first kappa shape index (κ1) is 15.3. The van der Waals surface area contributed by atoms with E-state index < -0.39 is 24.8 Å². The summed E-state index contributed by atoms with van der Waals surface area (Å²) >= 11 is 0. The number of nitrogens with two attached hydrogens (primary N) is 1. The van der Waals surface area contributed by atoms with Crippen molar-refractivity contribution in [2.45, 2.75) is 32.2 Å². The average molecular weight is 281 g/mol. The summed E-state index contributed by atoms with van der Waals surface area (Å²) < 4.78 is 50.8. The van der Waals surface area contributed by atoms with Crippen LogP contribution in [0.1, 0.15) is 30.4 Å². The SMILES string of the molecule is CC(C)n1cc(N)cc1C(=O)NCC(F)(F)C(F)F. The quantitative estimate of drug-likeness (QED) is 0.813. The number of nitrogen functional groups attached to an aromatic ring is 1. The Labute approximate surface area is 107 Å². The monoisotopic (exact) mass is 281 g/mol. The minimum Gasteiger partial charge on any atom is -0.397 e. The molecule has 1 rings (SSSR count). The van der Waals surface area contributed by atoms with Gasteiger partial charge in [0.25, 0.3) is 5.91 Å². The molecule has 0 unspecified atom stereocenters. The lowest BCUT2D eigenvalue weighted by Gasteiger charge is -2.17. The van der Waals surface area contributed by atoms with E-state index in [-0.39, 0.29) is 11.7 Å². The first-order valence-electron chi connectivity index (χ1n) is 5.56. The Morgan fingerprint density at radius 3 is 2.53 bits per heavy atom. The number of halogens is 4. The Hall–Kier alpha value is -1.73. The molecule has 0 aliphatic rings. The first-order chi connectivity index (χ1) is 8.65. The van der Waals surface area contributed by atoms with Gasteiger partial charge in [0.2, 0.25) is 0 Å². The molecule has 0 aliphatic carbocycles. The van der Waals surface area contributed by atoms with E-state index in [9.17, 15) is 22.4 Å². The van der Waals surface area contributed by atoms with E-state index in [0.717, 1.165) is 0 Å². The van der Waals surface area contributed by atoms with E-state index in [1.54, 1.807) is 19.2 Å². The molecule has 3 N–H and O–H groups in total. The molecule has 108 valence electrons. The number of nitrogens with one attached hydrogen (secondary N) is 1. The number of carbonyl (C=O) groups is 1. The van der Waals surface area contributed by atoms with Crippen molar-refractivity contribution < 1.29 is 22.4 Å². The fourth-order valence-corrected chi connectivity index (χ4v) is 1.48. The van der Waals surface area contributed by atoms with Gasteiger partial charge in [0.1, 0.15) is 5.69 Å². The maximum Gasteiger partial charge on any atom is 0.324 e. The summed E-state index contributed by atoms with van der Waals surface area (Å²) in [6.45, 7) is 2.11. The molecule has 1 aromatic heterocycles. The first-order valence-corrected chi connectivity index (χ1v) is 5.56. The van der Waals surface area contributed by atoms with Crippen molar-refractivity contribution in [3.05, 3.63) is 18.0 Å². The third-order valence-electron chi connectivity index (χ3n) is 2.46. The number of hydrogen-bond acceptors (Lipinski definition) is 2. The molecule has 19 heavy (non-hydrogen) atoms. The largest absolute Gasteiger partial charge is 0.397 e. The Kier molecular flexibility index (Phi) is 4.43. The number of nitrogens with zero attached hydrogens (tertiary/aromatic N) is 1. The molecule has 1 amide bonds. The predicted molar refractivity (Wildman–Crippen MR) is 62.5 cm³/mol. The third-order valence-corrected chi connectivity index (χ3v) is 2.46.